The van der Waals surface area contributed by atoms with Crippen LogP contribution in [0.3, 0.4) is 0 Å². The summed E-state index contributed by atoms with van der Waals surface area (Å²) in [6.45, 7) is 7.03. The maximum Gasteiger partial charge on any atom is 0.250 e. The van der Waals surface area contributed by atoms with Gasteiger partial charge in [-0.15, -0.1) is 0 Å². The Morgan fingerprint density at radius 2 is 1.07 bits per heavy atom. The lowest BCUT2D eigenvalue weighted by molar-refractivity contribution is -0.324. The molecule has 0 bridgehead atoms. The van der Waals surface area contributed by atoms with Crippen LogP contribution in [-0.4, -0.2) is 34.6 Å². The van der Waals surface area contributed by atoms with Crippen molar-refractivity contribution in [2.24, 2.45) is 0 Å². The molecule has 0 amide bonds. The molecule has 5 nitrogen and oxygen atoms in total. The predicted octanol–water partition coefficient (Wildman–Crippen LogP) is 7.22. The maximum absolute atomic E-state index is 12.3. The lowest BCUT2D eigenvalue weighted by Crippen LogP contribution is -2.64. The minimum Gasteiger partial charge on any atom is -0.368 e. The van der Waals surface area contributed by atoms with Crippen molar-refractivity contribution in [3.63, 3.8) is 0 Å². The van der Waals surface area contributed by atoms with Crippen LogP contribution >= 0.6 is 11.8 Å². The fourth-order valence-electron chi connectivity index (χ4n) is 5.14. The standard InChI is InChI=1S/C35H38O5S/c1-25-14-13-15-26(2)33(25)41-35(36)34(39-24-30-20-11-6-12-21-30)32(38-23-29-18-9-5-10-19-29)31(27(3)40-35)37-22-28-16-7-4-8-17-28/h4-21,27,31-32,34,36H,22-24H2,1-3H3/t27-,31+,32+,34-,35+/m0/s1. The lowest BCUT2D eigenvalue weighted by atomic mass is 9.98. The first-order valence-corrected chi connectivity index (χ1v) is 14.9. The van der Waals surface area contributed by atoms with E-state index < -0.39 is 29.5 Å². The molecule has 0 saturated carbocycles. The van der Waals surface area contributed by atoms with Crippen molar-refractivity contribution >= 4 is 11.8 Å². The van der Waals surface area contributed by atoms with Crippen molar-refractivity contribution in [2.45, 2.75) is 75.0 Å². The van der Waals surface area contributed by atoms with E-state index in [9.17, 15) is 5.11 Å². The summed E-state index contributed by atoms with van der Waals surface area (Å²) in [6, 6.07) is 36.1. The molecule has 0 aliphatic carbocycles. The Morgan fingerprint density at radius 1 is 0.634 bits per heavy atom. The lowest BCUT2D eigenvalue weighted by Gasteiger charge is -2.49. The van der Waals surface area contributed by atoms with Crippen molar-refractivity contribution in [1.29, 1.82) is 0 Å². The van der Waals surface area contributed by atoms with Crippen molar-refractivity contribution in [3.8, 4) is 0 Å². The first-order valence-electron chi connectivity index (χ1n) is 14.0. The summed E-state index contributed by atoms with van der Waals surface area (Å²) in [5.41, 5.74) is 5.20. The zero-order valence-corrected chi connectivity index (χ0v) is 24.6. The second-order valence-electron chi connectivity index (χ2n) is 10.5. The third kappa shape index (κ3) is 7.46. The SMILES string of the molecule is Cc1cccc(C)c1S[C@]1(O)O[C@@H](C)[C@@H](OCc2ccccc2)[C@@H](OCc2ccccc2)[C@@H]1OCc1ccccc1. The van der Waals surface area contributed by atoms with Crippen molar-refractivity contribution in [1.82, 2.24) is 0 Å². The van der Waals surface area contributed by atoms with E-state index in [1.54, 1.807) is 0 Å². The van der Waals surface area contributed by atoms with Crippen molar-refractivity contribution in [2.75, 3.05) is 0 Å². The van der Waals surface area contributed by atoms with Crippen LogP contribution in [0.2, 0.25) is 0 Å². The fraction of sp³-hybridized carbons (Fsp3) is 0.314. The van der Waals surface area contributed by atoms with Crippen molar-refractivity contribution in [3.05, 3.63) is 137 Å². The smallest absolute Gasteiger partial charge is 0.250 e. The molecule has 1 aliphatic heterocycles. The van der Waals surface area contributed by atoms with E-state index in [4.69, 9.17) is 18.9 Å². The summed E-state index contributed by atoms with van der Waals surface area (Å²) >= 11 is 1.28. The molecule has 0 radical (unpaired) electrons. The topological polar surface area (TPSA) is 57.2 Å². The van der Waals surface area contributed by atoms with Crippen LogP contribution in [0.1, 0.15) is 34.7 Å². The van der Waals surface area contributed by atoms with Crippen LogP contribution in [0.4, 0.5) is 0 Å². The summed E-state index contributed by atoms with van der Waals surface area (Å²) in [5, 5.41) is 10.6. The fourth-order valence-corrected chi connectivity index (χ4v) is 6.41. The number of aliphatic hydroxyl groups is 1. The Kier molecular flexibility index (Phi) is 9.93. The van der Waals surface area contributed by atoms with Gasteiger partial charge in [-0.05, 0) is 48.6 Å². The summed E-state index contributed by atoms with van der Waals surface area (Å²) in [6.07, 6.45) is -2.43. The van der Waals surface area contributed by atoms with Gasteiger partial charge >= 0.3 is 0 Å². The Hall–Kier alpha value is -2.97. The van der Waals surface area contributed by atoms with Crippen LogP contribution < -0.4 is 0 Å². The molecule has 6 heteroatoms. The zero-order chi connectivity index (χ0) is 28.7. The molecule has 1 saturated heterocycles. The number of ether oxygens (including phenoxy) is 4. The molecule has 4 aromatic rings. The predicted molar refractivity (Wildman–Crippen MR) is 162 cm³/mol. The van der Waals surface area contributed by atoms with E-state index in [0.29, 0.717) is 13.2 Å². The van der Waals surface area contributed by atoms with E-state index in [1.807, 2.05) is 130 Å². The first kappa shape index (κ1) is 29.5. The van der Waals surface area contributed by atoms with Gasteiger partial charge in [-0.3, -0.25) is 0 Å². The summed E-state index contributed by atoms with van der Waals surface area (Å²) in [5.74, 6) is 0. The highest BCUT2D eigenvalue weighted by Crippen LogP contribution is 2.46. The van der Waals surface area contributed by atoms with E-state index in [0.717, 1.165) is 32.7 Å². The monoisotopic (exact) mass is 570 g/mol. The van der Waals surface area contributed by atoms with Crippen LogP contribution in [0.25, 0.3) is 0 Å². The highest BCUT2D eigenvalue weighted by molar-refractivity contribution is 8.00. The van der Waals surface area contributed by atoms with E-state index in [2.05, 4.69) is 0 Å². The van der Waals surface area contributed by atoms with Crippen molar-refractivity contribution < 1.29 is 24.1 Å². The minimum absolute atomic E-state index is 0.287. The minimum atomic E-state index is -1.72. The van der Waals surface area contributed by atoms with Crippen LogP contribution in [0, 0.1) is 13.8 Å². The largest absolute Gasteiger partial charge is 0.368 e. The third-order valence-electron chi connectivity index (χ3n) is 7.30. The van der Waals surface area contributed by atoms with Crippen LogP contribution in [0.5, 0.6) is 0 Å². The van der Waals surface area contributed by atoms with E-state index >= 15 is 0 Å². The van der Waals surface area contributed by atoms with E-state index in [-0.39, 0.29) is 6.61 Å². The van der Waals surface area contributed by atoms with Gasteiger partial charge in [0, 0.05) is 4.90 Å². The number of hydrogen-bond donors (Lipinski definition) is 1. The molecular weight excluding hydrogens is 532 g/mol. The van der Waals surface area contributed by atoms with Gasteiger partial charge in [-0.1, -0.05) is 121 Å². The van der Waals surface area contributed by atoms with Gasteiger partial charge in [0.2, 0.25) is 0 Å². The Morgan fingerprint density at radius 3 is 1.56 bits per heavy atom. The number of aryl methyl sites for hydroxylation is 2. The molecular formula is C35H38O5S. The van der Waals surface area contributed by atoms with Gasteiger partial charge in [0.15, 0.2) is 6.10 Å². The number of benzene rings is 4. The second-order valence-corrected chi connectivity index (χ2v) is 11.7. The van der Waals surface area contributed by atoms with Gasteiger partial charge in [0.1, 0.15) is 12.2 Å². The Bertz CT molecular complexity index is 1350. The Labute approximate surface area is 247 Å². The zero-order valence-electron chi connectivity index (χ0n) is 23.8. The summed E-state index contributed by atoms with van der Waals surface area (Å²) < 4.78 is 26.2. The van der Waals surface area contributed by atoms with Gasteiger partial charge < -0.3 is 24.1 Å². The molecule has 214 valence electrons. The van der Waals surface area contributed by atoms with Gasteiger partial charge in [0.05, 0.1) is 25.9 Å². The number of thioether (sulfide) groups is 1. The molecule has 0 aromatic heterocycles. The molecule has 4 aromatic carbocycles. The summed E-state index contributed by atoms with van der Waals surface area (Å²) in [4.78, 5) is 0.959. The molecule has 0 spiro atoms. The average Bonchev–Trinajstić information content (AvgIpc) is 2.99. The Balaban J connectivity index is 1.49. The van der Waals surface area contributed by atoms with Gasteiger partial charge in [0.25, 0.3) is 5.12 Å². The molecule has 5 rings (SSSR count). The first-order chi connectivity index (χ1) is 19.9. The molecule has 0 unspecified atom stereocenters. The van der Waals surface area contributed by atoms with Crippen LogP contribution in [0.15, 0.2) is 114 Å². The van der Waals surface area contributed by atoms with E-state index in [1.165, 1.54) is 11.8 Å². The second kappa shape index (κ2) is 13.8. The average molecular weight is 571 g/mol. The van der Waals surface area contributed by atoms with Crippen LogP contribution in [-0.2, 0) is 38.8 Å². The quantitative estimate of drug-likeness (QED) is 0.192. The normalized spacial score (nSPS) is 24.3. The molecule has 1 N–H and O–H groups in total. The molecule has 41 heavy (non-hydrogen) atoms. The number of hydrogen-bond acceptors (Lipinski definition) is 6. The van der Waals surface area contributed by atoms with Gasteiger partial charge in [-0.25, -0.2) is 0 Å². The van der Waals surface area contributed by atoms with Gasteiger partial charge in [-0.2, -0.15) is 0 Å². The molecule has 5 atom stereocenters. The maximum atomic E-state index is 12.3. The number of rotatable bonds is 11. The highest BCUT2D eigenvalue weighted by atomic mass is 32.2. The summed E-state index contributed by atoms with van der Waals surface area (Å²) in [7, 11) is 0. The highest BCUT2D eigenvalue weighted by Gasteiger charge is 2.56. The molecule has 1 fully saturated rings. The molecule has 1 aliphatic rings. The third-order valence-corrected chi connectivity index (χ3v) is 8.77. The molecule has 1 heterocycles.